The largest absolute Gasteiger partial charge is 0.461 e. The van der Waals surface area contributed by atoms with E-state index in [0.717, 1.165) is 0 Å². The molecule has 1 nitrogen and oxygen atoms in total. The van der Waals surface area contributed by atoms with E-state index < -0.39 is 8.32 Å². The SMILES string of the molecule is CC.C[SiH2]O[Si](C)(C)C. The van der Waals surface area contributed by atoms with Gasteiger partial charge in [-0.25, -0.2) is 0 Å². The molecule has 58 valence electrons. The molecule has 0 aromatic rings. The summed E-state index contributed by atoms with van der Waals surface area (Å²) in [6, 6.07) is 0. The summed E-state index contributed by atoms with van der Waals surface area (Å²) < 4.78 is 5.51. The van der Waals surface area contributed by atoms with E-state index in [1.807, 2.05) is 13.8 Å². The van der Waals surface area contributed by atoms with E-state index in [9.17, 15) is 0 Å². The predicted octanol–water partition coefficient (Wildman–Crippen LogP) is 2.00. The van der Waals surface area contributed by atoms with E-state index in [4.69, 9.17) is 4.12 Å². The van der Waals surface area contributed by atoms with Crippen LogP contribution in [0.2, 0.25) is 26.2 Å². The van der Waals surface area contributed by atoms with Gasteiger partial charge in [0.15, 0.2) is 8.32 Å². The van der Waals surface area contributed by atoms with E-state index in [0.29, 0.717) is 0 Å². The first-order chi connectivity index (χ1) is 4.06. The molecule has 0 atom stereocenters. The molecule has 0 heterocycles. The maximum absolute atomic E-state index is 5.51. The fraction of sp³-hybridized carbons (Fsp3) is 1.00. The quantitative estimate of drug-likeness (QED) is 0.567. The van der Waals surface area contributed by atoms with Gasteiger partial charge in [-0.2, -0.15) is 0 Å². The molecule has 0 bridgehead atoms. The summed E-state index contributed by atoms with van der Waals surface area (Å²) in [5.74, 6) is 0. The summed E-state index contributed by atoms with van der Waals surface area (Å²) in [6.07, 6.45) is 0. The summed E-state index contributed by atoms with van der Waals surface area (Å²) in [6.45, 7) is 12.9. The van der Waals surface area contributed by atoms with Crippen molar-refractivity contribution in [3.05, 3.63) is 0 Å². The Bertz CT molecular complexity index is 49.5. The van der Waals surface area contributed by atoms with Crippen LogP contribution in [0.4, 0.5) is 0 Å². The lowest BCUT2D eigenvalue weighted by atomic mass is 11.0. The average molecular weight is 164 g/mol. The van der Waals surface area contributed by atoms with Crippen molar-refractivity contribution in [2.75, 3.05) is 0 Å². The third-order valence-corrected chi connectivity index (χ3v) is 5.20. The van der Waals surface area contributed by atoms with Crippen LogP contribution in [0.15, 0.2) is 0 Å². The molecule has 0 unspecified atom stereocenters. The van der Waals surface area contributed by atoms with E-state index in [1.165, 1.54) is 0 Å². The van der Waals surface area contributed by atoms with Crippen molar-refractivity contribution in [2.45, 2.75) is 40.0 Å². The number of hydrogen-bond acceptors (Lipinski definition) is 1. The molecule has 0 aliphatic heterocycles. The van der Waals surface area contributed by atoms with Crippen LogP contribution in [0.3, 0.4) is 0 Å². The van der Waals surface area contributed by atoms with Gasteiger partial charge in [-0.1, -0.05) is 20.4 Å². The lowest BCUT2D eigenvalue weighted by molar-refractivity contribution is 0.603. The molecular formula is C6H20OSi2. The lowest BCUT2D eigenvalue weighted by Gasteiger charge is -2.14. The fourth-order valence-electron chi connectivity index (χ4n) is 0.433. The molecular weight excluding hydrogens is 144 g/mol. The van der Waals surface area contributed by atoms with Crippen molar-refractivity contribution in [3.8, 4) is 0 Å². The average Bonchev–Trinajstić information content (AvgIpc) is 1.69. The Morgan fingerprint density at radius 1 is 1.11 bits per heavy atom. The molecule has 0 spiro atoms. The van der Waals surface area contributed by atoms with Gasteiger partial charge in [-0.05, 0) is 19.6 Å². The van der Waals surface area contributed by atoms with Crippen LogP contribution >= 0.6 is 0 Å². The van der Waals surface area contributed by atoms with Gasteiger partial charge in [0.05, 0.1) is 0 Å². The molecule has 0 saturated carbocycles. The second-order valence-corrected chi connectivity index (χ2v) is 8.50. The highest BCUT2D eigenvalue weighted by molar-refractivity contribution is 6.73. The fourth-order valence-corrected chi connectivity index (χ4v) is 3.90. The maximum atomic E-state index is 5.51. The molecule has 0 N–H and O–H groups in total. The number of hydrogen-bond donors (Lipinski definition) is 0. The van der Waals surface area contributed by atoms with Crippen molar-refractivity contribution in [3.63, 3.8) is 0 Å². The van der Waals surface area contributed by atoms with Crippen LogP contribution in [0.1, 0.15) is 13.8 Å². The van der Waals surface area contributed by atoms with E-state index in [-0.39, 0.29) is 9.76 Å². The van der Waals surface area contributed by atoms with Gasteiger partial charge in [-0.3, -0.25) is 0 Å². The zero-order valence-corrected chi connectivity index (χ0v) is 10.0. The van der Waals surface area contributed by atoms with Crippen LogP contribution in [0.5, 0.6) is 0 Å². The first-order valence-electron chi connectivity index (χ1n) is 3.70. The van der Waals surface area contributed by atoms with E-state index in [1.54, 1.807) is 0 Å². The highest BCUT2D eigenvalue weighted by Crippen LogP contribution is 1.99. The standard InChI is InChI=1S/C4H14OSi2.C2H6/c1-6-5-7(2,3)4;1-2/h6H2,1-4H3;1-2H3. The molecule has 0 fully saturated rings. The summed E-state index contributed by atoms with van der Waals surface area (Å²) in [7, 11) is -1.22. The molecule has 0 aromatic carbocycles. The Labute approximate surface area is 62.9 Å². The topological polar surface area (TPSA) is 9.23 Å². The Balaban J connectivity index is 0. The first kappa shape index (κ1) is 12.1. The second kappa shape index (κ2) is 6.51. The Kier molecular flexibility index (Phi) is 8.76. The van der Waals surface area contributed by atoms with E-state index in [2.05, 4.69) is 26.2 Å². The van der Waals surface area contributed by atoms with Crippen LogP contribution < -0.4 is 0 Å². The number of rotatable bonds is 2. The summed E-state index contributed by atoms with van der Waals surface area (Å²) in [5.41, 5.74) is 0. The minimum Gasteiger partial charge on any atom is -0.461 e. The summed E-state index contributed by atoms with van der Waals surface area (Å²) in [4.78, 5) is 0. The molecule has 0 saturated heterocycles. The van der Waals surface area contributed by atoms with Crippen molar-refractivity contribution in [1.29, 1.82) is 0 Å². The van der Waals surface area contributed by atoms with Gasteiger partial charge in [0, 0.05) is 0 Å². The smallest absolute Gasteiger partial charge is 0.169 e. The zero-order chi connectivity index (χ0) is 7.91. The molecule has 0 amide bonds. The highest BCUT2D eigenvalue weighted by atomic mass is 28.4. The minimum atomic E-state index is -1.10. The lowest BCUT2D eigenvalue weighted by Crippen LogP contribution is -2.26. The van der Waals surface area contributed by atoms with Crippen LogP contribution in [-0.2, 0) is 4.12 Å². The predicted molar refractivity (Wildman–Crippen MR) is 50.2 cm³/mol. The van der Waals surface area contributed by atoms with Gasteiger partial charge in [0.2, 0.25) is 0 Å². The second-order valence-electron chi connectivity index (χ2n) is 2.55. The Morgan fingerprint density at radius 3 is 1.44 bits per heavy atom. The van der Waals surface area contributed by atoms with Crippen LogP contribution in [0, 0.1) is 0 Å². The minimum absolute atomic E-state index is 0.128. The molecule has 3 heteroatoms. The van der Waals surface area contributed by atoms with Crippen LogP contribution in [-0.4, -0.2) is 18.1 Å². The van der Waals surface area contributed by atoms with Gasteiger partial charge in [0.1, 0.15) is 9.76 Å². The van der Waals surface area contributed by atoms with Crippen molar-refractivity contribution in [1.82, 2.24) is 0 Å². The Morgan fingerprint density at radius 2 is 1.44 bits per heavy atom. The van der Waals surface area contributed by atoms with Gasteiger partial charge >= 0.3 is 0 Å². The first-order valence-corrected chi connectivity index (χ1v) is 9.10. The van der Waals surface area contributed by atoms with Gasteiger partial charge in [0.25, 0.3) is 0 Å². The summed E-state index contributed by atoms with van der Waals surface area (Å²) >= 11 is 0. The van der Waals surface area contributed by atoms with Crippen LogP contribution in [0.25, 0.3) is 0 Å². The monoisotopic (exact) mass is 164 g/mol. The van der Waals surface area contributed by atoms with Gasteiger partial charge in [-0.15, -0.1) is 0 Å². The molecule has 0 aromatic heterocycles. The van der Waals surface area contributed by atoms with Gasteiger partial charge < -0.3 is 4.12 Å². The van der Waals surface area contributed by atoms with Crippen molar-refractivity contribution < 1.29 is 4.12 Å². The normalized spacial score (nSPS) is 11.3. The highest BCUT2D eigenvalue weighted by Gasteiger charge is 2.10. The third kappa shape index (κ3) is 17.8. The summed E-state index contributed by atoms with van der Waals surface area (Å²) in [5, 5.41) is 0. The molecule has 9 heavy (non-hydrogen) atoms. The molecule has 0 rings (SSSR count). The Hall–Kier alpha value is 0.394. The zero-order valence-electron chi connectivity index (χ0n) is 7.62. The molecule has 0 radical (unpaired) electrons. The molecule has 0 aliphatic carbocycles. The van der Waals surface area contributed by atoms with Crippen molar-refractivity contribution in [2.24, 2.45) is 0 Å². The third-order valence-electron chi connectivity index (χ3n) is 0.577. The van der Waals surface area contributed by atoms with Crippen molar-refractivity contribution >= 4 is 18.1 Å². The van der Waals surface area contributed by atoms with E-state index >= 15 is 0 Å². The molecule has 0 aliphatic rings. The maximum Gasteiger partial charge on any atom is 0.169 e.